The van der Waals surface area contributed by atoms with Gasteiger partial charge in [0.15, 0.2) is 5.78 Å². The molecule has 0 saturated carbocycles. The van der Waals surface area contributed by atoms with Crippen LogP contribution in [0.15, 0.2) is 30.3 Å². The second-order valence-corrected chi connectivity index (χ2v) is 5.74. The first-order chi connectivity index (χ1) is 9.34. The van der Waals surface area contributed by atoms with E-state index in [4.69, 9.17) is 16.3 Å². The van der Waals surface area contributed by atoms with Crippen LogP contribution in [-0.4, -0.2) is 34.7 Å². The van der Waals surface area contributed by atoms with Crippen molar-refractivity contribution in [1.29, 1.82) is 0 Å². The van der Waals surface area contributed by atoms with Crippen LogP contribution in [-0.2, 0) is 16.1 Å². The molecule has 0 aliphatic carbocycles. The third-order valence-electron chi connectivity index (χ3n) is 2.72. The van der Waals surface area contributed by atoms with E-state index in [1.807, 2.05) is 51.1 Å². The normalized spacial score (nSPS) is 11.0. The number of hydrogen-bond donors (Lipinski definition) is 0. The van der Waals surface area contributed by atoms with Crippen molar-refractivity contribution in [1.82, 2.24) is 4.90 Å². The van der Waals surface area contributed by atoms with Gasteiger partial charge in [0.25, 0.3) is 0 Å². The van der Waals surface area contributed by atoms with E-state index in [0.29, 0.717) is 0 Å². The van der Waals surface area contributed by atoms with Gasteiger partial charge in [-0.1, -0.05) is 30.3 Å². The zero-order valence-corrected chi connectivity index (χ0v) is 12.8. The SMILES string of the molecule is CC(C)(C)N(CC(=O)CCl)C(=O)OCc1ccccc1. The Morgan fingerprint density at radius 3 is 2.30 bits per heavy atom. The topological polar surface area (TPSA) is 46.6 Å². The molecule has 0 saturated heterocycles. The first-order valence-corrected chi connectivity index (χ1v) is 6.94. The quantitative estimate of drug-likeness (QED) is 0.784. The van der Waals surface area contributed by atoms with E-state index in [1.54, 1.807) is 0 Å². The summed E-state index contributed by atoms with van der Waals surface area (Å²) in [6, 6.07) is 9.40. The minimum absolute atomic E-state index is 0.0410. The molecule has 5 heteroatoms. The van der Waals surface area contributed by atoms with E-state index < -0.39 is 11.6 Å². The predicted octanol–water partition coefficient (Wildman–Crippen LogP) is 3.23. The van der Waals surface area contributed by atoms with Crippen molar-refractivity contribution in [3.05, 3.63) is 35.9 Å². The largest absolute Gasteiger partial charge is 0.445 e. The minimum Gasteiger partial charge on any atom is -0.445 e. The number of Topliss-reactive ketones (excluding diaryl/α,β-unsaturated/α-hetero) is 1. The molecule has 0 radical (unpaired) electrons. The highest BCUT2D eigenvalue weighted by molar-refractivity contribution is 6.28. The third kappa shape index (κ3) is 5.21. The fourth-order valence-electron chi connectivity index (χ4n) is 1.59. The molecular formula is C15H20ClNO3. The monoisotopic (exact) mass is 297 g/mol. The van der Waals surface area contributed by atoms with Crippen molar-refractivity contribution >= 4 is 23.5 Å². The van der Waals surface area contributed by atoms with E-state index in [2.05, 4.69) is 0 Å². The Balaban J connectivity index is 2.66. The van der Waals surface area contributed by atoms with Gasteiger partial charge in [-0.15, -0.1) is 11.6 Å². The van der Waals surface area contributed by atoms with Crippen LogP contribution >= 0.6 is 11.6 Å². The van der Waals surface area contributed by atoms with Crippen LogP contribution in [0.2, 0.25) is 0 Å². The van der Waals surface area contributed by atoms with Gasteiger partial charge in [0, 0.05) is 5.54 Å². The maximum Gasteiger partial charge on any atom is 0.410 e. The molecule has 0 N–H and O–H groups in total. The van der Waals surface area contributed by atoms with Crippen LogP contribution in [0.1, 0.15) is 26.3 Å². The number of carbonyl (C=O) groups is 2. The summed E-state index contributed by atoms with van der Waals surface area (Å²) < 4.78 is 5.25. The van der Waals surface area contributed by atoms with Gasteiger partial charge in [-0.3, -0.25) is 9.69 Å². The van der Waals surface area contributed by atoms with E-state index in [-0.39, 0.29) is 24.8 Å². The van der Waals surface area contributed by atoms with Gasteiger partial charge in [-0.2, -0.15) is 0 Å². The van der Waals surface area contributed by atoms with Crippen LogP contribution in [0.25, 0.3) is 0 Å². The van der Waals surface area contributed by atoms with Crippen LogP contribution < -0.4 is 0 Å². The number of ketones is 1. The zero-order chi connectivity index (χ0) is 15.2. The fraction of sp³-hybridized carbons (Fsp3) is 0.467. The molecule has 1 aromatic carbocycles. The molecule has 0 spiro atoms. The van der Waals surface area contributed by atoms with Gasteiger partial charge < -0.3 is 4.74 Å². The number of alkyl halides is 1. The Bertz CT molecular complexity index is 454. The Morgan fingerprint density at radius 2 is 1.80 bits per heavy atom. The Labute approximate surface area is 124 Å². The molecule has 1 aromatic rings. The van der Waals surface area contributed by atoms with Gasteiger partial charge >= 0.3 is 6.09 Å². The van der Waals surface area contributed by atoms with Crippen LogP contribution in [0, 0.1) is 0 Å². The van der Waals surface area contributed by atoms with Gasteiger partial charge in [0.1, 0.15) is 6.61 Å². The average Bonchev–Trinajstić information content (AvgIpc) is 2.41. The summed E-state index contributed by atoms with van der Waals surface area (Å²) in [5, 5.41) is 0. The summed E-state index contributed by atoms with van der Waals surface area (Å²) in [4.78, 5) is 25.0. The van der Waals surface area contributed by atoms with Crippen molar-refractivity contribution in [2.24, 2.45) is 0 Å². The molecular weight excluding hydrogens is 278 g/mol. The first kappa shape index (κ1) is 16.5. The molecule has 0 aliphatic heterocycles. The number of carbonyl (C=O) groups excluding carboxylic acids is 2. The standard InChI is InChI=1S/C15H20ClNO3/c1-15(2,3)17(10-13(18)9-16)14(19)20-11-12-7-5-4-6-8-12/h4-8H,9-11H2,1-3H3. The summed E-state index contributed by atoms with van der Waals surface area (Å²) >= 11 is 5.50. The van der Waals surface area contributed by atoms with Gasteiger partial charge in [-0.05, 0) is 26.3 Å². The maximum atomic E-state index is 12.1. The van der Waals surface area contributed by atoms with Gasteiger partial charge in [0.05, 0.1) is 12.4 Å². The second-order valence-electron chi connectivity index (χ2n) is 5.47. The summed E-state index contributed by atoms with van der Waals surface area (Å²) in [6.07, 6.45) is -0.514. The van der Waals surface area contributed by atoms with Crippen molar-refractivity contribution in [3.63, 3.8) is 0 Å². The van der Waals surface area contributed by atoms with E-state index in [9.17, 15) is 9.59 Å². The Morgan fingerprint density at radius 1 is 1.20 bits per heavy atom. The van der Waals surface area contributed by atoms with Crippen molar-refractivity contribution < 1.29 is 14.3 Å². The zero-order valence-electron chi connectivity index (χ0n) is 12.1. The summed E-state index contributed by atoms with van der Waals surface area (Å²) in [6.45, 7) is 5.68. The van der Waals surface area contributed by atoms with Crippen LogP contribution in [0.4, 0.5) is 4.79 Å². The summed E-state index contributed by atoms with van der Waals surface area (Å²) in [7, 11) is 0. The lowest BCUT2D eigenvalue weighted by molar-refractivity contribution is -0.118. The average molecular weight is 298 g/mol. The lowest BCUT2D eigenvalue weighted by atomic mass is 10.1. The number of halogens is 1. The molecule has 0 aliphatic rings. The Kier molecular flexibility index (Phi) is 6.02. The molecule has 0 atom stereocenters. The highest BCUT2D eigenvalue weighted by atomic mass is 35.5. The summed E-state index contributed by atoms with van der Waals surface area (Å²) in [5.74, 6) is -0.323. The molecule has 20 heavy (non-hydrogen) atoms. The molecule has 110 valence electrons. The number of benzene rings is 1. The number of hydrogen-bond acceptors (Lipinski definition) is 3. The highest BCUT2D eigenvalue weighted by Crippen LogP contribution is 2.15. The second kappa shape index (κ2) is 7.29. The molecule has 0 fully saturated rings. The van der Waals surface area contributed by atoms with E-state index >= 15 is 0 Å². The van der Waals surface area contributed by atoms with Crippen molar-refractivity contribution in [3.8, 4) is 0 Å². The van der Waals surface area contributed by atoms with Gasteiger partial charge in [-0.25, -0.2) is 4.79 Å². The smallest absolute Gasteiger partial charge is 0.410 e. The lowest BCUT2D eigenvalue weighted by Crippen LogP contribution is -2.48. The highest BCUT2D eigenvalue weighted by Gasteiger charge is 2.29. The number of amides is 1. The van der Waals surface area contributed by atoms with Crippen molar-refractivity contribution in [2.75, 3.05) is 12.4 Å². The predicted molar refractivity (Wildman–Crippen MR) is 78.8 cm³/mol. The lowest BCUT2D eigenvalue weighted by Gasteiger charge is -2.34. The Hall–Kier alpha value is -1.55. The first-order valence-electron chi connectivity index (χ1n) is 6.40. The molecule has 0 aromatic heterocycles. The van der Waals surface area contributed by atoms with E-state index in [0.717, 1.165) is 5.56 Å². The molecule has 0 unspecified atom stereocenters. The third-order valence-corrected chi connectivity index (χ3v) is 3.02. The number of nitrogens with zero attached hydrogens (tertiary/aromatic N) is 1. The number of ether oxygens (including phenoxy) is 1. The molecule has 0 heterocycles. The van der Waals surface area contributed by atoms with Crippen molar-refractivity contribution in [2.45, 2.75) is 32.9 Å². The summed E-state index contributed by atoms with van der Waals surface area (Å²) in [5.41, 5.74) is 0.397. The molecule has 4 nitrogen and oxygen atoms in total. The van der Waals surface area contributed by atoms with E-state index in [1.165, 1.54) is 4.90 Å². The molecule has 1 amide bonds. The number of rotatable bonds is 5. The fourth-order valence-corrected chi connectivity index (χ4v) is 1.68. The minimum atomic E-state index is -0.514. The maximum absolute atomic E-state index is 12.1. The van der Waals surface area contributed by atoms with Crippen LogP contribution in [0.5, 0.6) is 0 Å². The molecule has 0 bridgehead atoms. The van der Waals surface area contributed by atoms with Gasteiger partial charge in [0.2, 0.25) is 0 Å². The van der Waals surface area contributed by atoms with Crippen LogP contribution in [0.3, 0.4) is 0 Å². The molecule has 1 rings (SSSR count).